The fourth-order valence-electron chi connectivity index (χ4n) is 4.93. The molecule has 0 aliphatic carbocycles. The Morgan fingerprint density at radius 1 is 1.05 bits per heavy atom. The SMILES string of the molecule is Cc1cc(C)cc(CNC(=O)c2csc(C3CCN(C(=O)c4c(-c5ccccc5)noc4C)CC3)n2)c1. The third kappa shape index (κ3) is 5.49. The Balaban J connectivity index is 1.19. The molecule has 0 radical (unpaired) electrons. The summed E-state index contributed by atoms with van der Waals surface area (Å²) in [5.74, 6) is 0.543. The van der Waals surface area contributed by atoms with Crippen LogP contribution in [-0.4, -0.2) is 39.9 Å². The molecule has 0 saturated carbocycles. The number of piperidine rings is 1. The predicted molar refractivity (Wildman–Crippen MR) is 144 cm³/mol. The third-order valence-corrected chi connectivity index (χ3v) is 7.75. The van der Waals surface area contributed by atoms with E-state index in [0.29, 0.717) is 42.3 Å². The van der Waals surface area contributed by atoms with Gasteiger partial charge in [-0.1, -0.05) is 64.8 Å². The maximum absolute atomic E-state index is 13.4. The van der Waals surface area contributed by atoms with Crippen LogP contribution in [-0.2, 0) is 6.54 Å². The second-order valence-electron chi connectivity index (χ2n) is 9.64. The minimum absolute atomic E-state index is 0.0540. The Morgan fingerprint density at radius 2 is 1.76 bits per heavy atom. The highest BCUT2D eigenvalue weighted by atomic mass is 32.1. The van der Waals surface area contributed by atoms with Crippen molar-refractivity contribution in [2.45, 2.75) is 46.1 Å². The van der Waals surface area contributed by atoms with Crippen molar-refractivity contribution in [2.75, 3.05) is 13.1 Å². The number of hydrogen-bond acceptors (Lipinski definition) is 6. The quantitative estimate of drug-likeness (QED) is 0.358. The van der Waals surface area contributed by atoms with Crippen molar-refractivity contribution >= 4 is 23.2 Å². The minimum Gasteiger partial charge on any atom is -0.360 e. The second kappa shape index (κ2) is 10.7. The molecule has 1 N–H and O–H groups in total. The Labute approximate surface area is 220 Å². The molecule has 1 aliphatic heterocycles. The Hall–Kier alpha value is -3.78. The number of benzene rings is 2. The molecule has 190 valence electrons. The highest BCUT2D eigenvalue weighted by Crippen LogP contribution is 2.33. The molecule has 2 amide bonds. The molecule has 0 bridgehead atoms. The number of thiazole rings is 1. The van der Waals surface area contributed by atoms with E-state index < -0.39 is 0 Å². The maximum Gasteiger partial charge on any atom is 0.271 e. The first-order chi connectivity index (χ1) is 17.9. The molecule has 7 nitrogen and oxygen atoms in total. The number of carbonyl (C=O) groups excluding carboxylic acids is 2. The van der Waals surface area contributed by atoms with Crippen molar-refractivity contribution in [3.8, 4) is 11.3 Å². The number of nitrogens with one attached hydrogen (secondary N) is 1. The molecule has 0 unspecified atom stereocenters. The van der Waals surface area contributed by atoms with Crippen LogP contribution in [0.25, 0.3) is 11.3 Å². The zero-order valence-corrected chi connectivity index (χ0v) is 22.1. The van der Waals surface area contributed by atoms with E-state index in [-0.39, 0.29) is 17.7 Å². The average molecular weight is 515 g/mol. The molecule has 2 aromatic carbocycles. The number of likely N-dealkylation sites (tertiary alicyclic amines) is 1. The van der Waals surface area contributed by atoms with Gasteiger partial charge >= 0.3 is 0 Å². The lowest BCUT2D eigenvalue weighted by Crippen LogP contribution is -2.38. The molecule has 3 heterocycles. The standard InChI is InChI=1S/C29H30N4O3S/c1-18-13-19(2)15-21(14-18)16-30-27(34)24-17-37-28(31-24)23-9-11-33(12-10-23)29(35)25-20(3)36-32-26(25)22-7-5-4-6-8-22/h4-8,13-15,17,23H,9-12,16H2,1-3H3,(H,30,34). The smallest absolute Gasteiger partial charge is 0.271 e. The number of aryl methyl sites for hydroxylation is 3. The fraction of sp³-hybridized carbons (Fsp3) is 0.310. The normalized spacial score (nSPS) is 14.1. The molecule has 5 rings (SSSR count). The van der Waals surface area contributed by atoms with Crippen LogP contribution in [0.5, 0.6) is 0 Å². The van der Waals surface area contributed by atoms with E-state index in [1.54, 1.807) is 6.92 Å². The van der Waals surface area contributed by atoms with Crippen LogP contribution in [0.4, 0.5) is 0 Å². The molecule has 37 heavy (non-hydrogen) atoms. The van der Waals surface area contributed by atoms with Gasteiger partial charge in [0.05, 0.1) is 5.01 Å². The van der Waals surface area contributed by atoms with Gasteiger partial charge in [0.2, 0.25) is 0 Å². The van der Waals surface area contributed by atoms with Crippen LogP contribution in [0.3, 0.4) is 0 Å². The van der Waals surface area contributed by atoms with Crippen molar-refractivity contribution in [1.82, 2.24) is 20.4 Å². The molecule has 1 aliphatic rings. The number of rotatable bonds is 6. The zero-order chi connectivity index (χ0) is 25.9. The van der Waals surface area contributed by atoms with Crippen LogP contribution < -0.4 is 5.32 Å². The molecule has 2 aromatic heterocycles. The van der Waals surface area contributed by atoms with E-state index in [4.69, 9.17) is 4.52 Å². The van der Waals surface area contributed by atoms with Gasteiger partial charge in [0.25, 0.3) is 11.8 Å². The predicted octanol–water partition coefficient (Wildman–Crippen LogP) is 5.67. The first kappa shape index (κ1) is 24.9. The summed E-state index contributed by atoms with van der Waals surface area (Å²) in [5, 5.41) is 9.93. The average Bonchev–Trinajstić information content (AvgIpc) is 3.54. The zero-order valence-electron chi connectivity index (χ0n) is 21.3. The third-order valence-electron chi connectivity index (χ3n) is 6.74. The highest BCUT2D eigenvalue weighted by Gasteiger charge is 2.30. The summed E-state index contributed by atoms with van der Waals surface area (Å²) < 4.78 is 5.39. The van der Waals surface area contributed by atoms with Gasteiger partial charge in [-0.15, -0.1) is 11.3 Å². The van der Waals surface area contributed by atoms with Gasteiger partial charge in [0.1, 0.15) is 22.7 Å². The molecular weight excluding hydrogens is 484 g/mol. The second-order valence-corrected chi connectivity index (χ2v) is 10.5. The van der Waals surface area contributed by atoms with Gasteiger partial charge in [0, 0.05) is 36.5 Å². The first-order valence-corrected chi connectivity index (χ1v) is 13.4. The van der Waals surface area contributed by atoms with Crippen molar-refractivity contribution < 1.29 is 14.1 Å². The van der Waals surface area contributed by atoms with Gasteiger partial charge in [-0.3, -0.25) is 9.59 Å². The summed E-state index contributed by atoms with van der Waals surface area (Å²) in [7, 11) is 0. The molecule has 0 spiro atoms. The van der Waals surface area contributed by atoms with E-state index in [2.05, 4.69) is 47.5 Å². The van der Waals surface area contributed by atoms with Crippen LogP contribution in [0.1, 0.15) is 67.1 Å². The van der Waals surface area contributed by atoms with Gasteiger partial charge in [-0.2, -0.15) is 0 Å². The Morgan fingerprint density at radius 3 is 2.46 bits per heavy atom. The van der Waals surface area contributed by atoms with Crippen LogP contribution >= 0.6 is 11.3 Å². The largest absolute Gasteiger partial charge is 0.360 e. The van der Waals surface area contributed by atoms with E-state index in [1.165, 1.54) is 22.5 Å². The lowest BCUT2D eigenvalue weighted by Gasteiger charge is -2.31. The van der Waals surface area contributed by atoms with Gasteiger partial charge < -0.3 is 14.7 Å². The summed E-state index contributed by atoms with van der Waals surface area (Å²) >= 11 is 1.52. The Kier molecular flexibility index (Phi) is 7.19. The van der Waals surface area contributed by atoms with Gasteiger partial charge in [-0.05, 0) is 39.2 Å². The molecule has 1 saturated heterocycles. The van der Waals surface area contributed by atoms with E-state index in [0.717, 1.165) is 29.0 Å². The van der Waals surface area contributed by atoms with Gasteiger partial charge in [-0.25, -0.2) is 4.98 Å². The molecule has 1 fully saturated rings. The number of aromatic nitrogens is 2. The molecular formula is C29H30N4O3S. The summed E-state index contributed by atoms with van der Waals surface area (Å²) in [6, 6.07) is 15.9. The van der Waals surface area contributed by atoms with Crippen molar-refractivity contribution in [3.05, 3.63) is 92.6 Å². The fourth-order valence-corrected chi connectivity index (χ4v) is 5.90. The topological polar surface area (TPSA) is 88.3 Å². The maximum atomic E-state index is 13.4. The number of nitrogens with zero attached hydrogens (tertiary/aromatic N) is 3. The first-order valence-electron chi connectivity index (χ1n) is 12.5. The van der Waals surface area contributed by atoms with Gasteiger partial charge in [0.15, 0.2) is 0 Å². The van der Waals surface area contributed by atoms with Crippen molar-refractivity contribution in [2.24, 2.45) is 0 Å². The summed E-state index contributed by atoms with van der Waals surface area (Å²) in [6.07, 6.45) is 1.60. The number of carbonyl (C=O) groups is 2. The monoisotopic (exact) mass is 514 g/mol. The molecule has 0 atom stereocenters. The number of amides is 2. The van der Waals surface area contributed by atoms with Crippen molar-refractivity contribution in [3.63, 3.8) is 0 Å². The van der Waals surface area contributed by atoms with Crippen LogP contribution in [0, 0.1) is 20.8 Å². The summed E-state index contributed by atoms with van der Waals surface area (Å²) in [6.45, 7) is 7.61. The molecule has 8 heteroatoms. The van der Waals surface area contributed by atoms with E-state index in [1.807, 2.05) is 40.6 Å². The Bertz CT molecular complexity index is 1400. The van der Waals surface area contributed by atoms with E-state index >= 15 is 0 Å². The van der Waals surface area contributed by atoms with Crippen LogP contribution in [0.15, 0.2) is 58.4 Å². The lowest BCUT2D eigenvalue weighted by molar-refractivity contribution is 0.0711. The number of hydrogen-bond donors (Lipinski definition) is 1. The summed E-state index contributed by atoms with van der Waals surface area (Å²) in [4.78, 5) is 32.6. The highest BCUT2D eigenvalue weighted by molar-refractivity contribution is 7.09. The minimum atomic E-state index is -0.161. The van der Waals surface area contributed by atoms with Crippen molar-refractivity contribution in [1.29, 1.82) is 0 Å². The molecule has 4 aromatic rings. The summed E-state index contributed by atoms with van der Waals surface area (Å²) in [5.41, 5.74) is 5.88. The van der Waals surface area contributed by atoms with Crippen LogP contribution in [0.2, 0.25) is 0 Å². The lowest BCUT2D eigenvalue weighted by atomic mass is 9.96. The van der Waals surface area contributed by atoms with E-state index in [9.17, 15) is 9.59 Å².